The lowest BCUT2D eigenvalue weighted by atomic mass is 9.84. The molecule has 1 unspecified atom stereocenters. The van der Waals surface area contributed by atoms with Gasteiger partial charge in [-0.15, -0.1) is 0 Å². The van der Waals surface area contributed by atoms with Crippen LogP contribution < -0.4 is 9.47 Å². The zero-order chi connectivity index (χ0) is 21.5. The molecule has 2 aliphatic heterocycles. The van der Waals surface area contributed by atoms with Crippen molar-refractivity contribution in [2.45, 2.75) is 37.8 Å². The first-order valence-electron chi connectivity index (χ1n) is 10.6. The highest BCUT2D eigenvalue weighted by Gasteiger charge is 2.48. The molecular formula is C25H30F2NO2+. The molecule has 2 aromatic carbocycles. The Hall–Kier alpha value is -2.40. The van der Waals surface area contributed by atoms with Gasteiger partial charge in [0.2, 0.25) is 0 Å². The third-order valence-electron chi connectivity index (χ3n) is 7.17. The van der Waals surface area contributed by atoms with Gasteiger partial charge >= 0.3 is 0 Å². The fourth-order valence-corrected chi connectivity index (χ4v) is 5.40. The maximum atomic E-state index is 14.2. The number of quaternary nitrogens is 1. The number of hydrogen-bond acceptors (Lipinski definition) is 2. The molecule has 2 bridgehead atoms. The second-order valence-corrected chi connectivity index (χ2v) is 9.02. The molecule has 2 aliphatic rings. The van der Waals surface area contributed by atoms with Gasteiger partial charge in [0.15, 0.2) is 0 Å². The van der Waals surface area contributed by atoms with E-state index in [1.807, 2.05) is 0 Å². The molecule has 2 heterocycles. The van der Waals surface area contributed by atoms with Gasteiger partial charge < -0.3 is 14.0 Å². The largest absolute Gasteiger partial charge is 0.496 e. The van der Waals surface area contributed by atoms with Crippen LogP contribution in [0.4, 0.5) is 8.78 Å². The Morgan fingerprint density at radius 2 is 1.33 bits per heavy atom. The Morgan fingerprint density at radius 3 is 1.77 bits per heavy atom. The number of halogens is 2. The van der Waals surface area contributed by atoms with Gasteiger partial charge in [0.25, 0.3) is 0 Å². The molecule has 0 aromatic heterocycles. The number of ether oxygens (including phenoxy) is 2. The summed E-state index contributed by atoms with van der Waals surface area (Å²) in [5, 5.41) is 0. The summed E-state index contributed by atoms with van der Waals surface area (Å²) < 4.78 is 40.6. The Bertz CT molecular complexity index is 898. The van der Waals surface area contributed by atoms with Crippen molar-refractivity contribution < 1.29 is 22.7 Å². The monoisotopic (exact) mass is 414 g/mol. The van der Waals surface area contributed by atoms with Gasteiger partial charge in [-0.3, -0.25) is 0 Å². The highest BCUT2D eigenvalue weighted by atomic mass is 19.1. The van der Waals surface area contributed by atoms with E-state index in [4.69, 9.17) is 9.47 Å². The van der Waals surface area contributed by atoms with Crippen molar-refractivity contribution in [2.75, 3.05) is 28.3 Å². The standard InChI is InChI=1S/C25H30F2NO2/c1-28(2)19-7-8-20(28)12-16(11-19)13-21(22-14-17(26)5-9-24(22)29-3)23-15-18(27)6-10-25(23)30-4/h5-6,9-10,13-16,19-20H,7-8,11-12H2,1-4H3/q+1/t16?,19-,20+. The van der Waals surface area contributed by atoms with E-state index in [9.17, 15) is 8.78 Å². The van der Waals surface area contributed by atoms with Gasteiger partial charge in [-0.05, 0) is 47.9 Å². The minimum Gasteiger partial charge on any atom is -0.496 e. The van der Waals surface area contributed by atoms with E-state index in [0.717, 1.165) is 22.9 Å². The molecule has 0 aliphatic carbocycles. The summed E-state index contributed by atoms with van der Waals surface area (Å²) in [7, 11) is 7.79. The molecule has 2 saturated heterocycles. The smallest absolute Gasteiger partial charge is 0.126 e. The van der Waals surface area contributed by atoms with Crippen molar-refractivity contribution in [3.63, 3.8) is 0 Å². The van der Waals surface area contributed by atoms with Gasteiger partial charge in [0.1, 0.15) is 23.1 Å². The van der Waals surface area contributed by atoms with Crippen LogP contribution in [0.1, 0.15) is 36.8 Å². The summed E-state index contributed by atoms with van der Waals surface area (Å²) >= 11 is 0. The molecule has 30 heavy (non-hydrogen) atoms. The highest BCUT2D eigenvalue weighted by molar-refractivity contribution is 5.85. The van der Waals surface area contributed by atoms with E-state index >= 15 is 0 Å². The van der Waals surface area contributed by atoms with Crippen molar-refractivity contribution in [1.29, 1.82) is 0 Å². The number of piperidine rings is 1. The Kier molecular flexibility index (Phi) is 5.58. The summed E-state index contributed by atoms with van der Waals surface area (Å²) in [6.07, 6.45) is 6.82. The zero-order valence-corrected chi connectivity index (χ0v) is 18.1. The molecule has 5 heteroatoms. The summed E-state index contributed by atoms with van der Waals surface area (Å²) in [4.78, 5) is 0. The maximum absolute atomic E-state index is 14.2. The number of benzene rings is 2. The number of allylic oxidation sites excluding steroid dienone is 1. The molecule has 2 fully saturated rings. The van der Waals surface area contributed by atoms with Gasteiger partial charge in [0, 0.05) is 36.8 Å². The summed E-state index contributed by atoms with van der Waals surface area (Å²) in [5.41, 5.74) is 2.00. The van der Waals surface area contributed by atoms with E-state index in [1.165, 1.54) is 37.1 Å². The van der Waals surface area contributed by atoms with Crippen LogP contribution in [-0.2, 0) is 0 Å². The summed E-state index contributed by atoms with van der Waals surface area (Å²) in [6.45, 7) is 0. The zero-order valence-electron chi connectivity index (χ0n) is 18.1. The minimum atomic E-state index is -0.353. The Morgan fingerprint density at radius 1 is 0.867 bits per heavy atom. The molecule has 2 aromatic rings. The third kappa shape index (κ3) is 3.71. The fourth-order valence-electron chi connectivity index (χ4n) is 5.40. The number of methoxy groups -OCH3 is 2. The lowest BCUT2D eigenvalue weighted by Crippen LogP contribution is -2.54. The normalized spacial score (nSPS) is 24.4. The Balaban J connectivity index is 1.85. The van der Waals surface area contributed by atoms with E-state index in [-0.39, 0.29) is 11.6 Å². The minimum absolute atomic E-state index is 0.338. The summed E-state index contributed by atoms with van der Waals surface area (Å²) in [6, 6.07) is 10.2. The van der Waals surface area contributed by atoms with Crippen molar-refractivity contribution >= 4 is 5.57 Å². The fraction of sp³-hybridized carbons (Fsp3) is 0.440. The molecule has 0 saturated carbocycles. The van der Waals surface area contributed by atoms with Gasteiger partial charge in [-0.2, -0.15) is 0 Å². The average Bonchev–Trinajstić information content (AvgIpc) is 2.88. The summed E-state index contributed by atoms with van der Waals surface area (Å²) in [5.74, 6) is 0.750. The van der Waals surface area contributed by atoms with Crippen LogP contribution in [0.5, 0.6) is 11.5 Å². The quantitative estimate of drug-likeness (QED) is 0.608. The van der Waals surface area contributed by atoms with Crippen molar-refractivity contribution in [2.24, 2.45) is 5.92 Å². The van der Waals surface area contributed by atoms with Crippen LogP contribution in [0.25, 0.3) is 5.57 Å². The molecule has 3 atom stereocenters. The van der Waals surface area contributed by atoms with Crippen LogP contribution in [0.15, 0.2) is 42.5 Å². The first kappa shape index (κ1) is 20.9. The topological polar surface area (TPSA) is 18.5 Å². The van der Waals surface area contributed by atoms with Gasteiger partial charge in [0.05, 0.1) is 40.4 Å². The van der Waals surface area contributed by atoms with E-state index in [0.29, 0.717) is 40.6 Å². The second kappa shape index (κ2) is 8.03. The average molecular weight is 415 g/mol. The molecule has 0 amide bonds. The molecule has 0 spiro atoms. The molecule has 0 radical (unpaired) electrons. The first-order valence-corrected chi connectivity index (χ1v) is 10.6. The maximum Gasteiger partial charge on any atom is 0.126 e. The molecule has 4 rings (SSSR count). The third-order valence-corrected chi connectivity index (χ3v) is 7.17. The van der Waals surface area contributed by atoms with Crippen molar-refractivity contribution in [3.8, 4) is 11.5 Å². The number of nitrogens with zero attached hydrogens (tertiary/aromatic N) is 1. The number of fused-ring (bicyclic) bond motifs is 2. The first-order chi connectivity index (χ1) is 14.3. The molecule has 3 nitrogen and oxygen atoms in total. The van der Waals surface area contributed by atoms with Crippen LogP contribution in [0.2, 0.25) is 0 Å². The van der Waals surface area contributed by atoms with Crippen molar-refractivity contribution in [1.82, 2.24) is 0 Å². The van der Waals surface area contributed by atoms with Gasteiger partial charge in [-0.1, -0.05) is 6.08 Å². The van der Waals surface area contributed by atoms with E-state index < -0.39 is 0 Å². The highest BCUT2D eigenvalue weighted by Crippen LogP contribution is 2.45. The van der Waals surface area contributed by atoms with E-state index in [1.54, 1.807) is 26.4 Å². The molecule has 160 valence electrons. The predicted octanol–water partition coefficient (Wildman–Crippen LogP) is 5.43. The second-order valence-electron chi connectivity index (χ2n) is 9.02. The molecule has 0 N–H and O–H groups in total. The Labute approximate surface area is 177 Å². The van der Waals surface area contributed by atoms with Gasteiger partial charge in [-0.25, -0.2) is 8.78 Å². The van der Waals surface area contributed by atoms with Crippen molar-refractivity contribution in [3.05, 3.63) is 65.2 Å². The lowest BCUT2D eigenvalue weighted by Gasteiger charge is -2.44. The SMILES string of the molecule is COc1ccc(F)cc1C(=CC1C[C@H]2CC[C@@H](C1)[N+]2(C)C)c1cc(F)ccc1OC. The van der Waals surface area contributed by atoms with Crippen LogP contribution in [0.3, 0.4) is 0 Å². The van der Waals surface area contributed by atoms with Crippen LogP contribution in [0, 0.1) is 17.6 Å². The van der Waals surface area contributed by atoms with Crippen LogP contribution in [-0.4, -0.2) is 44.9 Å². The molecular weight excluding hydrogens is 384 g/mol. The van der Waals surface area contributed by atoms with E-state index in [2.05, 4.69) is 20.2 Å². The predicted molar refractivity (Wildman–Crippen MR) is 115 cm³/mol. The number of rotatable bonds is 5. The van der Waals surface area contributed by atoms with Crippen LogP contribution >= 0.6 is 0 Å². The lowest BCUT2D eigenvalue weighted by molar-refractivity contribution is -0.931. The number of hydrogen-bond donors (Lipinski definition) is 0.